The lowest BCUT2D eigenvalue weighted by Crippen LogP contribution is -2.60. The molecular weight excluding hydrogens is 470 g/mol. The first kappa shape index (κ1) is 25.9. The lowest BCUT2D eigenvalue weighted by Gasteiger charge is -2.54. The van der Waals surface area contributed by atoms with E-state index in [2.05, 4.69) is 68.7 Å². The molecule has 4 aliphatic carbocycles. The Morgan fingerprint density at radius 1 is 1.00 bits per heavy atom. The third-order valence-corrected chi connectivity index (χ3v) is 10.3. The van der Waals surface area contributed by atoms with Gasteiger partial charge in [0.1, 0.15) is 5.60 Å². The molecule has 38 heavy (non-hydrogen) atoms. The molecule has 3 fully saturated rings. The highest BCUT2D eigenvalue weighted by molar-refractivity contribution is 5.93. The van der Waals surface area contributed by atoms with Crippen LogP contribution < -0.4 is 4.90 Å². The highest BCUT2D eigenvalue weighted by Gasteiger charge is 2.62. The van der Waals surface area contributed by atoms with Crippen molar-refractivity contribution in [3.8, 4) is 11.8 Å². The van der Waals surface area contributed by atoms with Crippen molar-refractivity contribution in [1.29, 1.82) is 0 Å². The van der Waals surface area contributed by atoms with Gasteiger partial charge >= 0.3 is 0 Å². The topological polar surface area (TPSA) is 60.8 Å². The summed E-state index contributed by atoms with van der Waals surface area (Å²) in [5, 5.41) is 22.4. The van der Waals surface area contributed by atoms with Crippen LogP contribution in [0.5, 0.6) is 0 Å². The summed E-state index contributed by atoms with van der Waals surface area (Å²) in [5.41, 5.74) is 4.67. The molecule has 202 valence electrons. The lowest BCUT2D eigenvalue weighted by atomic mass is 9.51. The number of allylic oxidation sites excluding steroid dienone is 4. The maximum Gasteiger partial charge on any atom is 0.156 e. The molecule has 2 saturated carbocycles. The molecule has 4 nitrogen and oxygen atoms in total. The van der Waals surface area contributed by atoms with Gasteiger partial charge in [-0.2, -0.15) is 0 Å². The Balaban J connectivity index is 1.43. The minimum Gasteiger partial charge on any atom is -0.386 e. The van der Waals surface area contributed by atoms with Crippen LogP contribution in [-0.4, -0.2) is 40.3 Å². The monoisotopic (exact) mass is 513 g/mol. The number of fused-ring (bicyclic) bond motifs is 4. The van der Waals surface area contributed by atoms with Crippen molar-refractivity contribution < 1.29 is 15.0 Å². The molecule has 1 saturated heterocycles. The van der Waals surface area contributed by atoms with Gasteiger partial charge in [0.25, 0.3) is 0 Å². The van der Waals surface area contributed by atoms with Crippen molar-refractivity contribution in [2.24, 2.45) is 22.7 Å². The first-order chi connectivity index (χ1) is 17.8. The summed E-state index contributed by atoms with van der Waals surface area (Å²) in [6.07, 6.45) is 8.02. The number of aliphatic hydroxyl groups is 2. The Morgan fingerprint density at radius 2 is 1.71 bits per heavy atom. The number of hydrogen-bond donors (Lipinski definition) is 2. The second-order valence-corrected chi connectivity index (χ2v) is 14.3. The Kier molecular flexibility index (Phi) is 5.84. The molecule has 0 aromatic heterocycles. The number of nitrogens with zero attached hydrogens (tertiary/aromatic N) is 1. The minimum atomic E-state index is -0.985. The van der Waals surface area contributed by atoms with Gasteiger partial charge in [-0.25, -0.2) is 0 Å². The average molecular weight is 514 g/mol. The average Bonchev–Trinajstić information content (AvgIpc) is 3.11. The molecule has 5 atom stereocenters. The van der Waals surface area contributed by atoms with Crippen molar-refractivity contribution >= 4 is 11.5 Å². The second kappa shape index (κ2) is 8.57. The summed E-state index contributed by atoms with van der Waals surface area (Å²) in [7, 11) is 0. The van der Waals surface area contributed by atoms with E-state index in [9.17, 15) is 15.0 Å². The van der Waals surface area contributed by atoms with Crippen LogP contribution in [0.2, 0.25) is 0 Å². The van der Waals surface area contributed by atoms with Gasteiger partial charge in [0, 0.05) is 41.9 Å². The number of carbonyl (C=O) groups excluding carboxylic acids is 1. The molecule has 2 N–H and O–H groups in total. The molecular formula is C34H43NO3. The molecule has 5 aliphatic rings. The molecule has 0 unspecified atom stereocenters. The van der Waals surface area contributed by atoms with Gasteiger partial charge in [-0.1, -0.05) is 36.5 Å². The van der Waals surface area contributed by atoms with Gasteiger partial charge in [-0.3, -0.25) is 4.79 Å². The van der Waals surface area contributed by atoms with Crippen molar-refractivity contribution in [3.05, 3.63) is 52.6 Å². The van der Waals surface area contributed by atoms with Crippen molar-refractivity contribution in [1.82, 2.24) is 0 Å². The van der Waals surface area contributed by atoms with E-state index in [-0.39, 0.29) is 22.5 Å². The number of hydrogen-bond acceptors (Lipinski definition) is 4. The number of benzene rings is 1. The Hall–Kier alpha value is -2.35. The molecule has 1 heterocycles. The predicted molar refractivity (Wildman–Crippen MR) is 152 cm³/mol. The van der Waals surface area contributed by atoms with Crippen LogP contribution in [0.4, 0.5) is 5.69 Å². The lowest BCUT2D eigenvalue weighted by molar-refractivity contribution is -0.114. The summed E-state index contributed by atoms with van der Waals surface area (Å²) in [4.78, 5) is 14.5. The summed E-state index contributed by atoms with van der Waals surface area (Å²) < 4.78 is 0. The quantitative estimate of drug-likeness (QED) is 0.481. The highest BCUT2D eigenvalue weighted by Crippen LogP contribution is 2.66. The smallest absolute Gasteiger partial charge is 0.156 e. The number of carbonyl (C=O) groups is 1. The van der Waals surface area contributed by atoms with E-state index >= 15 is 0 Å². The van der Waals surface area contributed by atoms with Crippen LogP contribution in [0.1, 0.15) is 91.0 Å². The molecule has 4 heteroatoms. The number of rotatable bonds is 2. The normalized spacial score (nSPS) is 35.9. The Bertz CT molecular complexity index is 1280. The standard InChI is InChI=1S/C34H43NO3/c1-31(2,3)16-17-34(38)15-14-29-27-12-8-23-18-25(36)11-13-26(23)30(27)28(19-33(29,34)5)22-6-9-24(10-7-22)35-20-32(4,37)21-35/h6-7,9-10,18,27-29,37-38H,8,11-15,19-21H2,1-5H3/t27-,28+,29-,33-,34+/m0/s1. The van der Waals surface area contributed by atoms with Gasteiger partial charge in [-0.05, 0) is 113 Å². The molecule has 1 aromatic rings. The summed E-state index contributed by atoms with van der Waals surface area (Å²) in [6.45, 7) is 11.9. The van der Waals surface area contributed by atoms with Crippen LogP contribution >= 0.6 is 0 Å². The zero-order valence-corrected chi connectivity index (χ0v) is 23.7. The molecule has 0 bridgehead atoms. The highest BCUT2D eigenvalue weighted by atomic mass is 16.3. The van der Waals surface area contributed by atoms with E-state index in [0.717, 1.165) is 44.2 Å². The van der Waals surface area contributed by atoms with Crippen molar-refractivity contribution in [2.45, 2.75) is 96.7 Å². The van der Waals surface area contributed by atoms with E-state index in [4.69, 9.17) is 0 Å². The second-order valence-electron chi connectivity index (χ2n) is 14.3. The van der Waals surface area contributed by atoms with E-state index in [1.54, 1.807) is 5.57 Å². The largest absolute Gasteiger partial charge is 0.386 e. The SMILES string of the molecule is CC(C)(C)C#C[C@]1(O)CC[C@H]2[C@@H]3CCC4=CC(=O)CCC4=C3[C@@H](c3ccc(N4CC(C)(O)C4)cc3)C[C@@]21C. The minimum absolute atomic E-state index is 0.151. The van der Waals surface area contributed by atoms with Crippen molar-refractivity contribution in [3.63, 3.8) is 0 Å². The Morgan fingerprint density at radius 3 is 2.37 bits per heavy atom. The molecule has 0 radical (unpaired) electrons. The Labute approximate surface area is 228 Å². The van der Waals surface area contributed by atoms with E-state index in [0.29, 0.717) is 31.3 Å². The fourth-order valence-electron chi connectivity index (χ4n) is 8.34. The fraction of sp³-hybridized carbons (Fsp3) is 0.618. The zero-order chi connectivity index (χ0) is 27.1. The first-order valence-electron chi connectivity index (χ1n) is 14.6. The van der Waals surface area contributed by atoms with Crippen molar-refractivity contribution in [2.75, 3.05) is 18.0 Å². The third-order valence-electron chi connectivity index (χ3n) is 10.3. The summed E-state index contributed by atoms with van der Waals surface area (Å²) in [6, 6.07) is 8.93. The van der Waals surface area contributed by atoms with Gasteiger partial charge in [0.15, 0.2) is 5.78 Å². The third kappa shape index (κ3) is 4.18. The predicted octanol–water partition coefficient (Wildman–Crippen LogP) is 5.94. The number of anilines is 1. The van der Waals surface area contributed by atoms with Crippen LogP contribution in [-0.2, 0) is 4.79 Å². The molecule has 1 aliphatic heterocycles. The zero-order valence-electron chi connectivity index (χ0n) is 23.7. The van der Waals surface area contributed by atoms with Crippen LogP contribution in [0.25, 0.3) is 0 Å². The molecule has 0 amide bonds. The molecule has 0 spiro atoms. The summed E-state index contributed by atoms with van der Waals surface area (Å²) in [5.74, 6) is 8.12. The van der Waals surface area contributed by atoms with E-state index < -0.39 is 11.2 Å². The van der Waals surface area contributed by atoms with E-state index in [1.807, 2.05) is 13.0 Å². The maximum absolute atomic E-state index is 12.3. The number of β-amino-alcohol motifs (C(OH)–C–C–N with tert-alkyl or cyclic N) is 1. The van der Waals surface area contributed by atoms with Crippen LogP contribution in [0.3, 0.4) is 0 Å². The van der Waals surface area contributed by atoms with Gasteiger partial charge < -0.3 is 15.1 Å². The van der Waals surface area contributed by atoms with Crippen LogP contribution in [0, 0.1) is 34.5 Å². The summed E-state index contributed by atoms with van der Waals surface area (Å²) >= 11 is 0. The van der Waals surface area contributed by atoms with E-state index in [1.165, 1.54) is 16.7 Å². The fourth-order valence-corrected chi connectivity index (χ4v) is 8.34. The van der Waals surface area contributed by atoms with Crippen LogP contribution in [0.15, 0.2) is 47.1 Å². The molecule has 1 aromatic carbocycles. The first-order valence-corrected chi connectivity index (χ1v) is 14.6. The van der Waals surface area contributed by atoms with Gasteiger partial charge in [-0.15, -0.1) is 0 Å². The molecule has 6 rings (SSSR count). The number of ketones is 1. The van der Waals surface area contributed by atoms with Gasteiger partial charge in [0.2, 0.25) is 0 Å². The maximum atomic E-state index is 12.3. The van der Waals surface area contributed by atoms with Gasteiger partial charge in [0.05, 0.1) is 5.60 Å².